The van der Waals surface area contributed by atoms with Crippen LogP contribution in [0.5, 0.6) is 0 Å². The molecule has 112 valence electrons. The normalized spacial score (nSPS) is 11.3. The molecule has 0 fully saturated rings. The first-order chi connectivity index (χ1) is 9.79. The number of rotatable bonds is 4. The van der Waals surface area contributed by atoms with E-state index in [2.05, 4.69) is 5.32 Å². The number of benzene rings is 1. The lowest BCUT2D eigenvalue weighted by molar-refractivity contribution is -0.113. The number of thiophene rings is 1. The van der Waals surface area contributed by atoms with Crippen LogP contribution in [-0.4, -0.2) is 20.1 Å². The quantitative estimate of drug-likeness (QED) is 0.815. The molecule has 1 amide bonds. The van der Waals surface area contributed by atoms with E-state index in [0.717, 1.165) is 11.3 Å². The van der Waals surface area contributed by atoms with Crippen LogP contribution in [0.1, 0.15) is 0 Å². The molecule has 3 N–H and O–H groups in total. The van der Waals surface area contributed by atoms with Gasteiger partial charge in [-0.1, -0.05) is 29.3 Å². The number of carbonyl (C=O) groups is 1. The molecule has 21 heavy (non-hydrogen) atoms. The zero-order valence-corrected chi connectivity index (χ0v) is 13.6. The second kappa shape index (κ2) is 6.23. The van der Waals surface area contributed by atoms with Crippen LogP contribution in [0.25, 0.3) is 0 Å². The van der Waals surface area contributed by atoms with Gasteiger partial charge in [0.1, 0.15) is 9.96 Å². The van der Waals surface area contributed by atoms with Gasteiger partial charge in [0, 0.05) is 5.69 Å². The van der Waals surface area contributed by atoms with E-state index in [1.54, 1.807) is 11.4 Å². The first kappa shape index (κ1) is 16.1. The van der Waals surface area contributed by atoms with Crippen molar-refractivity contribution in [1.29, 1.82) is 0 Å². The average Bonchev–Trinajstić information content (AvgIpc) is 2.87. The van der Waals surface area contributed by atoms with Crippen LogP contribution in [0.3, 0.4) is 0 Å². The molecule has 0 aliphatic heterocycles. The summed E-state index contributed by atoms with van der Waals surface area (Å²) >= 11 is 12.9. The third-order valence-corrected chi connectivity index (χ3v) is 6.15. The summed E-state index contributed by atoms with van der Waals surface area (Å²) in [5.74, 6) is -1.41. The van der Waals surface area contributed by atoms with E-state index < -0.39 is 21.5 Å². The third-order valence-electron chi connectivity index (χ3n) is 2.45. The second-order valence-electron chi connectivity index (χ2n) is 4.10. The highest BCUT2D eigenvalue weighted by molar-refractivity contribution is 7.94. The zero-order valence-electron chi connectivity index (χ0n) is 10.5. The molecule has 9 heteroatoms. The van der Waals surface area contributed by atoms with E-state index in [1.165, 1.54) is 18.2 Å². The van der Waals surface area contributed by atoms with Gasteiger partial charge in [-0.3, -0.25) is 4.79 Å². The summed E-state index contributed by atoms with van der Waals surface area (Å²) in [4.78, 5) is 11.9. The predicted molar refractivity (Wildman–Crippen MR) is 85.9 cm³/mol. The number of halogens is 2. The molecule has 5 nitrogen and oxygen atoms in total. The number of hydrogen-bond acceptors (Lipinski definition) is 5. The molecule has 2 aromatic rings. The average molecular weight is 365 g/mol. The molecule has 0 aliphatic carbocycles. The topological polar surface area (TPSA) is 89.3 Å². The molecular formula is C12H10Cl2N2O3S2. The van der Waals surface area contributed by atoms with Crippen LogP contribution in [0.15, 0.2) is 33.9 Å². The molecule has 1 aromatic heterocycles. The Hall–Kier alpha value is -1.28. The second-order valence-corrected chi connectivity index (χ2v) is 8.08. The highest BCUT2D eigenvalue weighted by Gasteiger charge is 2.21. The van der Waals surface area contributed by atoms with Gasteiger partial charge in [-0.25, -0.2) is 8.42 Å². The van der Waals surface area contributed by atoms with Crippen LogP contribution in [-0.2, 0) is 14.6 Å². The third kappa shape index (κ3) is 3.88. The van der Waals surface area contributed by atoms with Crippen molar-refractivity contribution in [1.82, 2.24) is 0 Å². The summed E-state index contributed by atoms with van der Waals surface area (Å²) in [5.41, 5.74) is 6.03. The fourth-order valence-electron chi connectivity index (χ4n) is 1.57. The van der Waals surface area contributed by atoms with E-state index in [0.29, 0.717) is 5.69 Å². The molecular weight excluding hydrogens is 355 g/mol. The molecule has 0 radical (unpaired) electrons. The van der Waals surface area contributed by atoms with Gasteiger partial charge in [-0.2, -0.15) is 0 Å². The molecule has 1 aromatic carbocycles. The standard InChI is InChI=1S/C12H10Cl2N2O3S2/c13-8-4-7(15)5-9(14)12(8)16-10(17)6-21(18,19)11-2-1-3-20-11/h1-5H,6,15H2,(H,16,17). The van der Waals surface area contributed by atoms with Gasteiger partial charge in [0.15, 0.2) is 9.84 Å². The molecule has 0 aliphatic rings. The maximum Gasteiger partial charge on any atom is 0.240 e. The number of carbonyl (C=O) groups excluding carboxylic acids is 1. The number of anilines is 2. The Kier molecular flexibility index (Phi) is 4.77. The largest absolute Gasteiger partial charge is 0.399 e. The number of nitrogens with one attached hydrogen (secondary N) is 1. The van der Waals surface area contributed by atoms with Crippen LogP contribution in [0, 0.1) is 0 Å². The monoisotopic (exact) mass is 364 g/mol. The summed E-state index contributed by atoms with van der Waals surface area (Å²) in [7, 11) is -3.67. The van der Waals surface area contributed by atoms with Crippen molar-refractivity contribution in [3.05, 3.63) is 39.7 Å². The molecule has 0 saturated heterocycles. The first-order valence-corrected chi connectivity index (χ1v) is 8.89. The van der Waals surface area contributed by atoms with E-state index in [9.17, 15) is 13.2 Å². The zero-order chi connectivity index (χ0) is 15.6. The Morgan fingerprint density at radius 3 is 2.43 bits per heavy atom. The van der Waals surface area contributed by atoms with E-state index in [1.807, 2.05) is 0 Å². The van der Waals surface area contributed by atoms with Gasteiger partial charge in [0.2, 0.25) is 5.91 Å². The SMILES string of the molecule is Nc1cc(Cl)c(NC(=O)CS(=O)(=O)c2cccs2)c(Cl)c1. The molecule has 0 atom stereocenters. The number of sulfone groups is 1. The molecule has 0 spiro atoms. The van der Waals surface area contributed by atoms with Crippen LogP contribution < -0.4 is 11.1 Å². The summed E-state index contributed by atoms with van der Waals surface area (Å²) in [6.07, 6.45) is 0. The van der Waals surface area contributed by atoms with Crippen molar-refractivity contribution in [2.75, 3.05) is 16.8 Å². The molecule has 2 rings (SSSR count). The minimum absolute atomic E-state index is 0.132. The minimum atomic E-state index is -3.67. The predicted octanol–water partition coefficient (Wildman–Crippen LogP) is 3.05. The fourth-order valence-corrected chi connectivity index (χ4v) is 4.39. The summed E-state index contributed by atoms with van der Waals surface area (Å²) in [5, 5.41) is 4.30. The van der Waals surface area contributed by atoms with Crippen molar-refractivity contribution >= 4 is 61.7 Å². The van der Waals surface area contributed by atoms with Crippen molar-refractivity contribution < 1.29 is 13.2 Å². The van der Waals surface area contributed by atoms with Crippen LogP contribution >= 0.6 is 34.5 Å². The fraction of sp³-hybridized carbons (Fsp3) is 0.0833. The van der Waals surface area contributed by atoms with Crippen molar-refractivity contribution in [3.63, 3.8) is 0 Å². The molecule has 1 heterocycles. The molecule has 0 unspecified atom stereocenters. The Balaban J connectivity index is 2.17. The molecule has 0 saturated carbocycles. The van der Waals surface area contributed by atoms with Crippen molar-refractivity contribution in [3.8, 4) is 0 Å². The van der Waals surface area contributed by atoms with Gasteiger partial charge in [0.25, 0.3) is 0 Å². The van der Waals surface area contributed by atoms with E-state index in [-0.39, 0.29) is 19.9 Å². The highest BCUT2D eigenvalue weighted by Crippen LogP contribution is 2.32. The van der Waals surface area contributed by atoms with Gasteiger partial charge < -0.3 is 11.1 Å². The lowest BCUT2D eigenvalue weighted by Crippen LogP contribution is -2.22. The van der Waals surface area contributed by atoms with Gasteiger partial charge >= 0.3 is 0 Å². The number of hydrogen-bond donors (Lipinski definition) is 2. The Bertz CT molecular complexity index is 751. The lowest BCUT2D eigenvalue weighted by atomic mass is 10.3. The van der Waals surface area contributed by atoms with Gasteiger partial charge in [0.05, 0.1) is 15.7 Å². The number of nitrogen functional groups attached to an aromatic ring is 1. The summed E-state index contributed by atoms with van der Waals surface area (Å²) < 4.78 is 24.1. The van der Waals surface area contributed by atoms with E-state index >= 15 is 0 Å². The van der Waals surface area contributed by atoms with Crippen molar-refractivity contribution in [2.24, 2.45) is 0 Å². The summed E-state index contributed by atoms with van der Waals surface area (Å²) in [6.45, 7) is 0. The number of amides is 1. The van der Waals surface area contributed by atoms with Crippen molar-refractivity contribution in [2.45, 2.75) is 4.21 Å². The smallest absolute Gasteiger partial charge is 0.240 e. The maximum absolute atomic E-state index is 12.0. The minimum Gasteiger partial charge on any atom is -0.399 e. The lowest BCUT2D eigenvalue weighted by Gasteiger charge is -2.10. The Morgan fingerprint density at radius 2 is 1.90 bits per heavy atom. The molecule has 0 bridgehead atoms. The summed E-state index contributed by atoms with van der Waals surface area (Å²) in [6, 6.07) is 5.87. The van der Waals surface area contributed by atoms with Gasteiger partial charge in [-0.15, -0.1) is 11.3 Å². The maximum atomic E-state index is 12.0. The van der Waals surface area contributed by atoms with Gasteiger partial charge in [-0.05, 0) is 23.6 Å². The van der Waals surface area contributed by atoms with E-state index in [4.69, 9.17) is 28.9 Å². The van der Waals surface area contributed by atoms with Crippen LogP contribution in [0.2, 0.25) is 10.0 Å². The highest BCUT2D eigenvalue weighted by atomic mass is 35.5. The Labute approximate surface area is 135 Å². The first-order valence-electron chi connectivity index (χ1n) is 5.60. The Morgan fingerprint density at radius 1 is 1.29 bits per heavy atom. The number of nitrogens with two attached hydrogens (primary N) is 1. The van der Waals surface area contributed by atoms with Crippen LogP contribution in [0.4, 0.5) is 11.4 Å².